The van der Waals surface area contributed by atoms with Gasteiger partial charge in [-0.05, 0) is 0 Å². The first kappa shape index (κ1) is 8.49. The normalized spacial score (nSPS) is 12.2. The van der Waals surface area contributed by atoms with Crippen LogP contribution in [-0.2, 0) is 9.36 Å². The molecule has 9 heavy (non-hydrogen) atoms. The summed E-state index contributed by atoms with van der Waals surface area (Å²) in [4.78, 5) is 28.7. The quantitative estimate of drug-likeness (QED) is 0.320. The van der Waals surface area contributed by atoms with Crippen molar-refractivity contribution in [2.75, 3.05) is 6.16 Å². The molecule has 2 N–H and O–H groups in total. The fourth-order valence-electron chi connectivity index (χ4n) is 0.197. The maximum atomic E-state index is 9.99. The van der Waals surface area contributed by atoms with Gasteiger partial charge in [-0.2, -0.15) is 0 Å². The van der Waals surface area contributed by atoms with Crippen molar-refractivity contribution in [2.24, 2.45) is 4.99 Å². The second-order valence-electron chi connectivity index (χ2n) is 1.28. The van der Waals surface area contributed by atoms with Crippen LogP contribution in [0.25, 0.3) is 0 Å². The summed E-state index contributed by atoms with van der Waals surface area (Å²) in [6.07, 6.45) is 0.620. The third-order valence-electron chi connectivity index (χ3n) is 0.486. The average molecular weight is 151 g/mol. The third kappa shape index (κ3) is 7.49. The molecule has 6 heteroatoms. The van der Waals surface area contributed by atoms with Gasteiger partial charge in [0.05, 0.1) is 6.16 Å². The summed E-state index contributed by atoms with van der Waals surface area (Å²) in [5, 5.41) is 0. The molecule has 0 aliphatic rings. The van der Waals surface area contributed by atoms with Crippen LogP contribution >= 0.6 is 7.60 Å². The first-order valence-corrected chi connectivity index (χ1v) is 3.86. The molecule has 0 atom stereocenters. The van der Waals surface area contributed by atoms with Gasteiger partial charge < -0.3 is 9.79 Å². The molecule has 52 valence electrons. The van der Waals surface area contributed by atoms with Crippen molar-refractivity contribution >= 4 is 20.2 Å². The molecule has 0 spiro atoms. The fourth-order valence-corrected chi connectivity index (χ4v) is 0.504. The molecule has 0 saturated carbocycles. The summed E-state index contributed by atoms with van der Waals surface area (Å²) in [7, 11) is -4.00. The van der Waals surface area contributed by atoms with Crippen molar-refractivity contribution in [3.63, 3.8) is 0 Å². The number of rotatable bonds is 3. The van der Waals surface area contributed by atoms with Crippen LogP contribution in [0, 0.1) is 0 Å². The van der Waals surface area contributed by atoms with Gasteiger partial charge in [-0.3, -0.25) is 9.36 Å². The first-order valence-electron chi connectivity index (χ1n) is 2.06. The Morgan fingerprint density at radius 2 is 2.11 bits per heavy atom. The van der Waals surface area contributed by atoms with Crippen molar-refractivity contribution in [1.82, 2.24) is 0 Å². The number of aliphatic imine (C=N–C) groups is 1. The van der Waals surface area contributed by atoms with E-state index in [-0.39, 0.29) is 6.41 Å². The van der Waals surface area contributed by atoms with Gasteiger partial charge in [0.2, 0.25) is 6.41 Å². The minimum atomic E-state index is -4.00. The second kappa shape index (κ2) is 3.50. The number of amides is 1. The number of hydrogen-bond acceptors (Lipinski definition) is 2. The Morgan fingerprint density at radius 1 is 1.56 bits per heavy atom. The van der Waals surface area contributed by atoms with E-state index < -0.39 is 13.8 Å². The fraction of sp³-hybridized carbons (Fsp3) is 0.333. The van der Waals surface area contributed by atoms with Crippen molar-refractivity contribution in [3.05, 3.63) is 0 Å². The highest BCUT2D eigenvalue weighted by Crippen LogP contribution is 2.32. The Kier molecular flexibility index (Phi) is 3.30. The SMILES string of the molecule is O=CN=CCP(=O)(O)O. The van der Waals surface area contributed by atoms with Crippen molar-refractivity contribution in [2.45, 2.75) is 0 Å². The van der Waals surface area contributed by atoms with Crippen LogP contribution in [0.5, 0.6) is 0 Å². The highest BCUT2D eigenvalue weighted by Gasteiger charge is 2.08. The molecule has 0 saturated heterocycles. The van der Waals surface area contributed by atoms with E-state index in [4.69, 9.17) is 9.79 Å². The lowest BCUT2D eigenvalue weighted by molar-refractivity contribution is -0.106. The lowest BCUT2D eigenvalue weighted by Gasteiger charge is -1.94. The van der Waals surface area contributed by atoms with E-state index in [0.717, 1.165) is 6.21 Å². The van der Waals surface area contributed by atoms with Gasteiger partial charge in [0, 0.05) is 6.21 Å². The molecule has 5 nitrogen and oxygen atoms in total. The Balaban J connectivity index is 3.63. The second-order valence-corrected chi connectivity index (χ2v) is 2.98. The molecule has 0 radical (unpaired) electrons. The number of carbonyl (C=O) groups excluding carboxylic acids is 1. The van der Waals surface area contributed by atoms with Gasteiger partial charge in [0.1, 0.15) is 0 Å². The first-order chi connectivity index (χ1) is 4.06. The largest absolute Gasteiger partial charge is 0.330 e. The molecule has 0 aliphatic carbocycles. The summed E-state index contributed by atoms with van der Waals surface area (Å²) < 4.78 is 9.99. The van der Waals surface area contributed by atoms with Crippen LogP contribution in [0.15, 0.2) is 4.99 Å². The summed E-state index contributed by atoms with van der Waals surface area (Å²) in [5.74, 6) is 0. The highest BCUT2D eigenvalue weighted by atomic mass is 31.2. The Labute approximate surface area is 51.6 Å². The Bertz CT molecular complexity index is 159. The maximum Gasteiger partial charge on any atom is 0.330 e. The van der Waals surface area contributed by atoms with E-state index in [1.54, 1.807) is 0 Å². The van der Waals surface area contributed by atoms with Crippen LogP contribution in [0.4, 0.5) is 0 Å². The van der Waals surface area contributed by atoms with Gasteiger partial charge in [0.25, 0.3) is 0 Å². The van der Waals surface area contributed by atoms with E-state index in [9.17, 15) is 9.36 Å². The molecule has 0 heterocycles. The topological polar surface area (TPSA) is 87.0 Å². The van der Waals surface area contributed by atoms with E-state index in [1.165, 1.54) is 0 Å². The van der Waals surface area contributed by atoms with Crippen molar-refractivity contribution in [1.29, 1.82) is 0 Å². The molecule has 0 aromatic carbocycles. The lowest BCUT2D eigenvalue weighted by Crippen LogP contribution is -1.87. The summed E-state index contributed by atoms with van der Waals surface area (Å²) in [5.41, 5.74) is 0. The summed E-state index contributed by atoms with van der Waals surface area (Å²) in [6.45, 7) is 0. The standard InChI is InChI=1S/C3H6NO4P/c5-3-4-1-2-9(6,7)8/h1,3H,2H2,(H2,6,7,8). The van der Waals surface area contributed by atoms with Crippen molar-refractivity contribution in [3.8, 4) is 0 Å². The molecule has 0 bridgehead atoms. The minimum absolute atomic E-state index is 0.218. The van der Waals surface area contributed by atoms with Crippen LogP contribution in [0.2, 0.25) is 0 Å². The molecule has 1 amide bonds. The zero-order valence-corrected chi connectivity index (χ0v) is 5.36. The van der Waals surface area contributed by atoms with Crippen LogP contribution in [-0.4, -0.2) is 28.6 Å². The molecule has 0 unspecified atom stereocenters. The zero-order chi connectivity index (χ0) is 7.33. The molecular weight excluding hydrogens is 145 g/mol. The molecule has 0 fully saturated rings. The van der Waals surface area contributed by atoms with Gasteiger partial charge in [0.15, 0.2) is 0 Å². The van der Waals surface area contributed by atoms with Gasteiger partial charge in [-0.15, -0.1) is 0 Å². The maximum absolute atomic E-state index is 9.99. The Morgan fingerprint density at radius 3 is 2.44 bits per heavy atom. The highest BCUT2D eigenvalue weighted by molar-refractivity contribution is 7.52. The molecular formula is C3H6NO4P. The molecule has 0 rings (SSSR count). The van der Waals surface area contributed by atoms with Crippen LogP contribution in [0.3, 0.4) is 0 Å². The number of carbonyl (C=O) groups is 1. The van der Waals surface area contributed by atoms with E-state index in [2.05, 4.69) is 4.99 Å². The zero-order valence-electron chi connectivity index (χ0n) is 4.47. The summed E-state index contributed by atoms with van der Waals surface area (Å²) in [6, 6.07) is 0. The average Bonchev–Trinajstić information content (AvgIpc) is 1.63. The molecule has 0 aliphatic heterocycles. The predicted octanol–water partition coefficient (Wildman–Crippen LogP) is -0.609. The van der Waals surface area contributed by atoms with E-state index >= 15 is 0 Å². The number of nitrogens with zero attached hydrogens (tertiary/aromatic N) is 1. The van der Waals surface area contributed by atoms with E-state index in [0.29, 0.717) is 0 Å². The van der Waals surface area contributed by atoms with Crippen molar-refractivity contribution < 1.29 is 19.1 Å². The van der Waals surface area contributed by atoms with Gasteiger partial charge in [-0.1, -0.05) is 0 Å². The van der Waals surface area contributed by atoms with Gasteiger partial charge >= 0.3 is 7.60 Å². The van der Waals surface area contributed by atoms with E-state index in [1.807, 2.05) is 0 Å². The van der Waals surface area contributed by atoms with Crippen LogP contribution in [0.1, 0.15) is 0 Å². The Hall–Kier alpha value is -0.510. The van der Waals surface area contributed by atoms with Crippen LogP contribution < -0.4 is 0 Å². The third-order valence-corrected chi connectivity index (χ3v) is 1.12. The molecule has 0 aromatic rings. The minimum Gasteiger partial charge on any atom is -0.324 e. The van der Waals surface area contributed by atoms with Gasteiger partial charge in [-0.25, -0.2) is 4.99 Å². The molecule has 0 aromatic heterocycles. The summed E-state index contributed by atoms with van der Waals surface area (Å²) >= 11 is 0. The number of hydrogen-bond donors (Lipinski definition) is 2. The predicted molar refractivity (Wildman–Crippen MR) is 31.5 cm³/mol. The monoisotopic (exact) mass is 151 g/mol. The lowest BCUT2D eigenvalue weighted by atomic mass is 10.9. The smallest absolute Gasteiger partial charge is 0.324 e.